The zero-order valence-corrected chi connectivity index (χ0v) is 6.92. The van der Waals surface area contributed by atoms with Gasteiger partial charge in [-0.3, -0.25) is 10.0 Å². The molecule has 1 aliphatic heterocycles. The quantitative estimate of drug-likeness (QED) is 0.380. The minimum atomic E-state index is -0.274. The maximum Gasteiger partial charge on any atom is 0.260 e. The van der Waals surface area contributed by atoms with Gasteiger partial charge in [0, 0.05) is 0 Å². The molecule has 12 heavy (non-hydrogen) atoms. The van der Waals surface area contributed by atoms with E-state index in [-0.39, 0.29) is 11.9 Å². The minimum Gasteiger partial charge on any atom is -0.305 e. The smallest absolute Gasteiger partial charge is 0.260 e. The first-order chi connectivity index (χ1) is 5.83. The molecule has 0 bridgehead atoms. The van der Waals surface area contributed by atoms with E-state index in [1.165, 1.54) is 12.8 Å². The molecule has 68 valence electrons. The minimum absolute atomic E-state index is 0.150. The van der Waals surface area contributed by atoms with E-state index in [2.05, 4.69) is 5.32 Å². The highest BCUT2D eigenvalue weighted by molar-refractivity contribution is 5.81. The van der Waals surface area contributed by atoms with Crippen LogP contribution in [0.2, 0.25) is 0 Å². The van der Waals surface area contributed by atoms with Gasteiger partial charge < -0.3 is 5.32 Å². The second kappa shape index (κ2) is 3.03. The molecule has 4 heteroatoms. The van der Waals surface area contributed by atoms with E-state index in [0.717, 1.165) is 13.0 Å². The Morgan fingerprint density at radius 3 is 3.08 bits per heavy atom. The third kappa shape index (κ3) is 1.11. The van der Waals surface area contributed by atoms with Crippen LogP contribution in [0.25, 0.3) is 0 Å². The molecule has 0 radical (unpaired) electrons. The summed E-state index contributed by atoms with van der Waals surface area (Å²) in [6.45, 7) is 0.933. The summed E-state index contributed by atoms with van der Waals surface area (Å²) in [5, 5.41) is 11.6. The Labute approximate surface area is 71.3 Å². The molecule has 0 aromatic rings. The van der Waals surface area contributed by atoms with Crippen molar-refractivity contribution >= 4 is 5.91 Å². The van der Waals surface area contributed by atoms with Crippen LogP contribution in [0.4, 0.5) is 0 Å². The fourth-order valence-corrected chi connectivity index (χ4v) is 2.54. The van der Waals surface area contributed by atoms with Gasteiger partial charge in [0.1, 0.15) is 0 Å². The van der Waals surface area contributed by atoms with Crippen molar-refractivity contribution in [3.63, 3.8) is 0 Å². The number of carbonyl (C=O) groups excluding carboxylic acids is 1. The lowest BCUT2D eigenvalue weighted by Gasteiger charge is -2.15. The largest absolute Gasteiger partial charge is 0.305 e. The topological polar surface area (TPSA) is 61.4 Å². The summed E-state index contributed by atoms with van der Waals surface area (Å²) < 4.78 is 0. The van der Waals surface area contributed by atoms with Crippen molar-refractivity contribution in [2.75, 3.05) is 6.54 Å². The van der Waals surface area contributed by atoms with Crippen molar-refractivity contribution < 1.29 is 10.0 Å². The molecule has 0 aromatic carbocycles. The van der Waals surface area contributed by atoms with Crippen LogP contribution in [0.1, 0.15) is 19.3 Å². The standard InChI is InChI=1S/C8H14N2O2/c11-8(10-12)7-6-3-1-2-5(6)4-9-7/h5-7,9,12H,1-4H2,(H,10,11). The van der Waals surface area contributed by atoms with Crippen LogP contribution >= 0.6 is 0 Å². The molecule has 1 amide bonds. The molecule has 2 rings (SSSR count). The maximum atomic E-state index is 11.1. The third-order valence-electron chi connectivity index (χ3n) is 3.14. The van der Waals surface area contributed by atoms with E-state index < -0.39 is 0 Å². The Bertz CT molecular complexity index is 195. The molecule has 4 nitrogen and oxygen atoms in total. The van der Waals surface area contributed by atoms with Gasteiger partial charge in [0.2, 0.25) is 0 Å². The molecule has 1 aliphatic carbocycles. The summed E-state index contributed by atoms with van der Waals surface area (Å²) >= 11 is 0. The SMILES string of the molecule is O=C(NO)C1NCC2CCCC21. The lowest BCUT2D eigenvalue weighted by Crippen LogP contribution is -2.42. The van der Waals surface area contributed by atoms with E-state index >= 15 is 0 Å². The summed E-state index contributed by atoms with van der Waals surface area (Å²) in [6, 6.07) is -0.150. The molecule has 0 spiro atoms. The van der Waals surface area contributed by atoms with Gasteiger partial charge in [0.25, 0.3) is 5.91 Å². The second-order valence-electron chi connectivity index (χ2n) is 3.72. The van der Waals surface area contributed by atoms with Crippen LogP contribution in [0.15, 0.2) is 0 Å². The Kier molecular flexibility index (Phi) is 2.02. The summed E-state index contributed by atoms with van der Waals surface area (Å²) in [5.74, 6) is 0.842. The van der Waals surface area contributed by atoms with E-state index in [1.54, 1.807) is 5.48 Å². The van der Waals surface area contributed by atoms with Crippen LogP contribution in [-0.4, -0.2) is 23.7 Å². The molecule has 3 unspecified atom stereocenters. The van der Waals surface area contributed by atoms with Crippen molar-refractivity contribution in [2.24, 2.45) is 11.8 Å². The predicted molar refractivity (Wildman–Crippen MR) is 42.6 cm³/mol. The second-order valence-corrected chi connectivity index (χ2v) is 3.72. The first kappa shape index (κ1) is 8.01. The molecular weight excluding hydrogens is 156 g/mol. The molecular formula is C8H14N2O2. The average Bonchev–Trinajstić information content (AvgIpc) is 2.62. The Morgan fingerprint density at radius 2 is 2.33 bits per heavy atom. The van der Waals surface area contributed by atoms with Crippen molar-refractivity contribution in [1.82, 2.24) is 10.8 Å². The highest BCUT2D eigenvalue weighted by Gasteiger charge is 2.42. The lowest BCUT2D eigenvalue weighted by atomic mass is 9.94. The number of fused-ring (bicyclic) bond motifs is 1. The Hall–Kier alpha value is -0.610. The zero-order valence-electron chi connectivity index (χ0n) is 6.92. The molecule has 1 saturated carbocycles. The van der Waals surface area contributed by atoms with Crippen molar-refractivity contribution in [2.45, 2.75) is 25.3 Å². The van der Waals surface area contributed by atoms with E-state index in [4.69, 9.17) is 5.21 Å². The number of nitrogens with one attached hydrogen (secondary N) is 2. The van der Waals surface area contributed by atoms with E-state index in [9.17, 15) is 4.79 Å². The fourth-order valence-electron chi connectivity index (χ4n) is 2.54. The van der Waals surface area contributed by atoms with Gasteiger partial charge in [-0.05, 0) is 31.2 Å². The molecule has 3 N–H and O–H groups in total. The van der Waals surface area contributed by atoms with Crippen molar-refractivity contribution in [3.8, 4) is 0 Å². The number of hydroxylamine groups is 1. The van der Waals surface area contributed by atoms with Crippen LogP contribution in [0.3, 0.4) is 0 Å². The monoisotopic (exact) mass is 170 g/mol. The summed E-state index contributed by atoms with van der Waals surface area (Å²) in [6.07, 6.45) is 3.58. The van der Waals surface area contributed by atoms with Gasteiger partial charge in [-0.1, -0.05) is 6.42 Å². The van der Waals surface area contributed by atoms with Gasteiger partial charge in [-0.15, -0.1) is 0 Å². The lowest BCUT2D eigenvalue weighted by molar-refractivity contribution is -0.132. The van der Waals surface area contributed by atoms with Crippen LogP contribution < -0.4 is 10.8 Å². The zero-order chi connectivity index (χ0) is 8.55. The van der Waals surface area contributed by atoms with Crippen LogP contribution in [-0.2, 0) is 4.79 Å². The molecule has 3 atom stereocenters. The van der Waals surface area contributed by atoms with Crippen LogP contribution in [0.5, 0.6) is 0 Å². The number of hydrogen-bond donors (Lipinski definition) is 3. The van der Waals surface area contributed by atoms with Gasteiger partial charge in [-0.25, -0.2) is 5.48 Å². The average molecular weight is 170 g/mol. The maximum absolute atomic E-state index is 11.1. The first-order valence-electron chi connectivity index (χ1n) is 4.50. The molecule has 1 heterocycles. The third-order valence-corrected chi connectivity index (χ3v) is 3.14. The van der Waals surface area contributed by atoms with Crippen LogP contribution in [0, 0.1) is 11.8 Å². The number of carbonyl (C=O) groups is 1. The highest BCUT2D eigenvalue weighted by Crippen LogP contribution is 2.37. The van der Waals surface area contributed by atoms with E-state index in [1.807, 2.05) is 0 Å². The van der Waals surface area contributed by atoms with Crippen molar-refractivity contribution in [3.05, 3.63) is 0 Å². The number of hydrogen-bond acceptors (Lipinski definition) is 3. The first-order valence-corrected chi connectivity index (χ1v) is 4.50. The van der Waals surface area contributed by atoms with Gasteiger partial charge in [-0.2, -0.15) is 0 Å². The normalized spacial score (nSPS) is 39.6. The molecule has 2 fully saturated rings. The Morgan fingerprint density at radius 1 is 1.50 bits per heavy atom. The van der Waals surface area contributed by atoms with Gasteiger partial charge in [0.15, 0.2) is 0 Å². The van der Waals surface area contributed by atoms with Gasteiger partial charge >= 0.3 is 0 Å². The van der Waals surface area contributed by atoms with Crippen molar-refractivity contribution in [1.29, 1.82) is 0 Å². The van der Waals surface area contributed by atoms with Gasteiger partial charge in [0.05, 0.1) is 6.04 Å². The van der Waals surface area contributed by atoms with E-state index in [0.29, 0.717) is 11.8 Å². The fraction of sp³-hybridized carbons (Fsp3) is 0.875. The number of amides is 1. The molecule has 1 saturated heterocycles. The Balaban J connectivity index is 2.04. The number of rotatable bonds is 1. The highest BCUT2D eigenvalue weighted by atomic mass is 16.5. The summed E-state index contributed by atoms with van der Waals surface area (Å²) in [5.41, 5.74) is 1.72. The molecule has 0 aromatic heterocycles. The molecule has 2 aliphatic rings. The summed E-state index contributed by atoms with van der Waals surface area (Å²) in [7, 11) is 0. The summed E-state index contributed by atoms with van der Waals surface area (Å²) in [4.78, 5) is 11.1. The predicted octanol–water partition coefficient (Wildman–Crippen LogP) is -0.120.